The molecule has 0 atom stereocenters. The quantitative estimate of drug-likeness (QED) is 0.722. The van der Waals surface area contributed by atoms with Gasteiger partial charge in [-0.05, 0) is 24.5 Å². The number of hydrogen-bond donors (Lipinski definition) is 1. The summed E-state index contributed by atoms with van der Waals surface area (Å²) in [6.45, 7) is 1.14. The lowest BCUT2D eigenvalue weighted by Crippen LogP contribution is -2.10. The van der Waals surface area contributed by atoms with Crippen molar-refractivity contribution >= 4 is 11.8 Å². The summed E-state index contributed by atoms with van der Waals surface area (Å²) >= 11 is 1.71. The van der Waals surface area contributed by atoms with E-state index in [0.29, 0.717) is 13.2 Å². The lowest BCUT2D eigenvalue weighted by Gasteiger charge is -2.04. The molecule has 0 saturated carbocycles. The van der Waals surface area contributed by atoms with Gasteiger partial charge in [-0.25, -0.2) is 0 Å². The van der Waals surface area contributed by atoms with Gasteiger partial charge in [0, 0.05) is 11.4 Å². The van der Waals surface area contributed by atoms with Crippen LogP contribution in [-0.4, -0.2) is 19.4 Å². The first-order valence-corrected chi connectivity index (χ1v) is 5.06. The molecule has 2 N–H and O–H groups in total. The molecule has 0 aromatic heterocycles. The summed E-state index contributed by atoms with van der Waals surface area (Å²) in [6, 6.07) is 7.99. The van der Waals surface area contributed by atoms with Gasteiger partial charge in [0.2, 0.25) is 0 Å². The van der Waals surface area contributed by atoms with Crippen molar-refractivity contribution in [2.24, 2.45) is 5.73 Å². The van der Waals surface area contributed by atoms with E-state index < -0.39 is 0 Å². The minimum atomic E-state index is 0.559. The fourth-order valence-electron chi connectivity index (χ4n) is 0.868. The van der Waals surface area contributed by atoms with Gasteiger partial charge in [-0.15, -0.1) is 11.8 Å². The van der Waals surface area contributed by atoms with E-state index >= 15 is 0 Å². The zero-order valence-electron chi connectivity index (χ0n) is 7.12. The first kappa shape index (κ1) is 9.42. The van der Waals surface area contributed by atoms with E-state index in [0.717, 1.165) is 5.75 Å². The van der Waals surface area contributed by atoms with Gasteiger partial charge in [-0.3, -0.25) is 0 Å². The van der Waals surface area contributed by atoms with Gasteiger partial charge in [-0.1, -0.05) is 6.07 Å². The Morgan fingerprint density at radius 2 is 2.33 bits per heavy atom. The van der Waals surface area contributed by atoms with Crippen LogP contribution in [0.15, 0.2) is 29.2 Å². The molecule has 1 aromatic carbocycles. The van der Waals surface area contributed by atoms with E-state index in [9.17, 15) is 0 Å². The molecule has 0 saturated heterocycles. The molecule has 3 heteroatoms. The third-order valence-corrected chi connectivity index (χ3v) is 2.15. The van der Waals surface area contributed by atoms with Crippen LogP contribution in [0.2, 0.25) is 0 Å². The van der Waals surface area contributed by atoms with E-state index in [1.54, 1.807) is 11.8 Å². The second kappa shape index (κ2) is 5.06. The molecule has 1 rings (SSSR count). The molecule has 66 valence electrons. The Morgan fingerprint density at radius 3 is 3.00 bits per heavy atom. The predicted molar refractivity (Wildman–Crippen MR) is 52.8 cm³/mol. The van der Waals surface area contributed by atoms with Crippen molar-refractivity contribution in [1.82, 2.24) is 0 Å². The molecule has 0 amide bonds. The average Bonchev–Trinajstić information content (AvgIpc) is 2.15. The van der Waals surface area contributed by atoms with Gasteiger partial charge in [-0.2, -0.15) is 0 Å². The number of hydrogen-bond acceptors (Lipinski definition) is 3. The van der Waals surface area contributed by atoms with Crippen molar-refractivity contribution in [3.05, 3.63) is 24.3 Å². The zero-order valence-corrected chi connectivity index (χ0v) is 7.93. The van der Waals surface area contributed by atoms with Gasteiger partial charge in [0.05, 0.1) is 0 Å². The Hall–Kier alpha value is -0.670. The van der Waals surface area contributed by atoms with Gasteiger partial charge in [0.25, 0.3) is 0 Å². The summed E-state index contributed by atoms with van der Waals surface area (Å²) in [7, 11) is 0. The molecule has 0 radical (unpaired) electrons. The van der Waals surface area contributed by atoms with Crippen LogP contribution in [0.5, 0.6) is 5.75 Å². The standard InChI is InChI=1S/C9H13NOS/c1-12-9-4-2-3-8(7-9)11-6-5-10/h2-4,7H,5-6,10H2,1H3. The Kier molecular flexibility index (Phi) is 3.97. The summed E-state index contributed by atoms with van der Waals surface area (Å²) in [4.78, 5) is 1.21. The van der Waals surface area contributed by atoms with E-state index in [4.69, 9.17) is 10.5 Å². The fraction of sp³-hybridized carbons (Fsp3) is 0.333. The molecule has 0 aliphatic carbocycles. The Balaban J connectivity index is 2.60. The van der Waals surface area contributed by atoms with Crippen molar-refractivity contribution in [3.63, 3.8) is 0 Å². The van der Waals surface area contributed by atoms with Crippen LogP contribution < -0.4 is 10.5 Å². The highest BCUT2D eigenvalue weighted by atomic mass is 32.2. The van der Waals surface area contributed by atoms with Crippen molar-refractivity contribution in [1.29, 1.82) is 0 Å². The molecule has 0 unspecified atom stereocenters. The van der Waals surface area contributed by atoms with Crippen molar-refractivity contribution in [2.75, 3.05) is 19.4 Å². The SMILES string of the molecule is CSc1cccc(OCCN)c1. The predicted octanol–water partition coefficient (Wildman–Crippen LogP) is 1.75. The van der Waals surface area contributed by atoms with Crippen molar-refractivity contribution in [2.45, 2.75) is 4.90 Å². The van der Waals surface area contributed by atoms with E-state index in [1.165, 1.54) is 4.90 Å². The van der Waals surface area contributed by atoms with E-state index in [-0.39, 0.29) is 0 Å². The minimum Gasteiger partial charge on any atom is -0.492 e. The summed E-state index contributed by atoms with van der Waals surface area (Å²) in [5.41, 5.74) is 5.32. The maximum atomic E-state index is 5.36. The van der Waals surface area contributed by atoms with Crippen LogP contribution in [0.4, 0.5) is 0 Å². The van der Waals surface area contributed by atoms with Crippen LogP contribution in [0.1, 0.15) is 0 Å². The highest BCUT2D eigenvalue weighted by Crippen LogP contribution is 2.20. The van der Waals surface area contributed by atoms with E-state index in [1.807, 2.05) is 24.5 Å². The fourth-order valence-corrected chi connectivity index (χ4v) is 1.32. The second-order valence-corrected chi connectivity index (χ2v) is 3.20. The third kappa shape index (κ3) is 2.75. The number of rotatable bonds is 4. The maximum Gasteiger partial charge on any atom is 0.120 e. The summed E-state index contributed by atoms with van der Waals surface area (Å²) in [6.07, 6.45) is 2.04. The van der Waals surface area contributed by atoms with Gasteiger partial charge >= 0.3 is 0 Å². The lowest BCUT2D eigenvalue weighted by molar-refractivity contribution is 0.327. The Bertz CT molecular complexity index is 240. The third-order valence-electron chi connectivity index (χ3n) is 1.43. The second-order valence-electron chi connectivity index (χ2n) is 2.32. The van der Waals surface area contributed by atoms with Crippen LogP contribution in [0.25, 0.3) is 0 Å². The van der Waals surface area contributed by atoms with E-state index in [2.05, 4.69) is 6.07 Å². The summed E-state index contributed by atoms with van der Waals surface area (Å²) in [5, 5.41) is 0. The largest absolute Gasteiger partial charge is 0.492 e. The van der Waals surface area contributed by atoms with Crippen LogP contribution >= 0.6 is 11.8 Å². The first-order valence-electron chi connectivity index (χ1n) is 3.83. The molecule has 0 spiro atoms. The zero-order chi connectivity index (χ0) is 8.81. The lowest BCUT2D eigenvalue weighted by atomic mass is 10.3. The molecule has 1 aromatic rings. The van der Waals surface area contributed by atoms with Gasteiger partial charge in [0.15, 0.2) is 0 Å². The number of nitrogens with two attached hydrogens (primary N) is 1. The highest BCUT2D eigenvalue weighted by Gasteiger charge is 1.93. The van der Waals surface area contributed by atoms with Crippen molar-refractivity contribution < 1.29 is 4.74 Å². The smallest absolute Gasteiger partial charge is 0.120 e. The molecular weight excluding hydrogens is 170 g/mol. The molecule has 2 nitrogen and oxygen atoms in total. The molecule has 0 aliphatic rings. The topological polar surface area (TPSA) is 35.2 Å². The molecule has 0 fully saturated rings. The van der Waals surface area contributed by atoms with Crippen molar-refractivity contribution in [3.8, 4) is 5.75 Å². The van der Waals surface area contributed by atoms with Crippen LogP contribution in [0.3, 0.4) is 0 Å². The molecule has 12 heavy (non-hydrogen) atoms. The Morgan fingerprint density at radius 1 is 1.50 bits per heavy atom. The van der Waals surface area contributed by atoms with Gasteiger partial charge in [0.1, 0.15) is 12.4 Å². The van der Waals surface area contributed by atoms with Crippen LogP contribution in [0, 0.1) is 0 Å². The number of ether oxygens (including phenoxy) is 1. The van der Waals surface area contributed by atoms with Crippen LogP contribution in [-0.2, 0) is 0 Å². The Labute approximate surface area is 77.1 Å². The summed E-state index contributed by atoms with van der Waals surface area (Å²) in [5.74, 6) is 0.896. The molecular formula is C9H13NOS. The molecule has 0 heterocycles. The normalized spacial score (nSPS) is 9.83. The molecule has 0 bridgehead atoms. The highest BCUT2D eigenvalue weighted by molar-refractivity contribution is 7.98. The van der Waals surface area contributed by atoms with Gasteiger partial charge < -0.3 is 10.5 Å². The minimum absolute atomic E-state index is 0.559. The summed E-state index contributed by atoms with van der Waals surface area (Å²) < 4.78 is 5.36. The maximum absolute atomic E-state index is 5.36. The molecule has 0 aliphatic heterocycles. The monoisotopic (exact) mass is 183 g/mol. The first-order chi connectivity index (χ1) is 5.86. The average molecular weight is 183 g/mol. The number of benzene rings is 1. The number of thioether (sulfide) groups is 1.